The molecule has 3 rings (SSSR count). The van der Waals surface area contributed by atoms with Gasteiger partial charge in [0.15, 0.2) is 0 Å². The minimum Gasteiger partial charge on any atom is -0.340 e. The van der Waals surface area contributed by atoms with Gasteiger partial charge in [0.1, 0.15) is 5.82 Å². The average Bonchev–Trinajstić information content (AvgIpc) is 2.92. The maximum absolute atomic E-state index is 13.3. The summed E-state index contributed by atoms with van der Waals surface area (Å²) in [7, 11) is 0. The molecule has 0 aliphatic carbocycles. The molecule has 2 aliphatic heterocycles. The molecular weight excluding hydrogens is 371 g/mol. The Balaban J connectivity index is 0.00000261. The maximum Gasteiger partial charge on any atom is 0.254 e. The second-order valence-electron chi connectivity index (χ2n) is 6.88. The largest absolute Gasteiger partial charge is 0.340 e. The zero-order chi connectivity index (χ0) is 18.4. The van der Waals surface area contributed by atoms with Crippen LogP contribution in [0.2, 0.25) is 0 Å². The molecule has 2 saturated heterocycles. The molecule has 2 heterocycles. The van der Waals surface area contributed by atoms with E-state index < -0.39 is 5.82 Å². The molecule has 1 aromatic rings. The highest BCUT2D eigenvalue weighted by atomic mass is 35.5. The van der Waals surface area contributed by atoms with E-state index in [4.69, 9.17) is 0 Å². The van der Waals surface area contributed by atoms with Crippen LogP contribution in [0.15, 0.2) is 24.3 Å². The van der Waals surface area contributed by atoms with Crippen molar-refractivity contribution in [2.24, 2.45) is 0 Å². The third kappa shape index (κ3) is 6.16. The van der Waals surface area contributed by atoms with E-state index in [-0.39, 0.29) is 24.2 Å². The minimum atomic E-state index is -0.390. The van der Waals surface area contributed by atoms with Crippen molar-refractivity contribution in [1.82, 2.24) is 20.0 Å². The molecule has 27 heavy (non-hydrogen) atoms. The standard InChI is InChI=1S/C19H27FN4O2.ClH/c20-17-4-1-3-16(15-17)19(26)24-9-2-8-22(13-14-24)10-5-18(25)23-11-6-21-7-12-23;/h1,3-4,15,21H,2,5-14H2;1H. The van der Waals surface area contributed by atoms with Gasteiger partial charge in [0.2, 0.25) is 5.91 Å². The monoisotopic (exact) mass is 398 g/mol. The summed E-state index contributed by atoms with van der Waals surface area (Å²) in [6.07, 6.45) is 1.39. The zero-order valence-electron chi connectivity index (χ0n) is 15.5. The molecule has 2 fully saturated rings. The van der Waals surface area contributed by atoms with Crippen LogP contribution in [0.25, 0.3) is 0 Å². The number of nitrogens with one attached hydrogen (secondary N) is 1. The van der Waals surface area contributed by atoms with Crippen molar-refractivity contribution >= 4 is 24.2 Å². The third-order valence-corrected chi connectivity index (χ3v) is 5.06. The van der Waals surface area contributed by atoms with Crippen molar-refractivity contribution in [2.75, 3.05) is 58.9 Å². The topological polar surface area (TPSA) is 55.9 Å². The first-order valence-electron chi connectivity index (χ1n) is 9.39. The van der Waals surface area contributed by atoms with Crippen LogP contribution in [-0.4, -0.2) is 85.4 Å². The average molecular weight is 399 g/mol. The van der Waals surface area contributed by atoms with Crippen LogP contribution in [-0.2, 0) is 4.79 Å². The molecule has 6 nitrogen and oxygen atoms in total. The summed E-state index contributed by atoms with van der Waals surface area (Å²) >= 11 is 0. The molecule has 150 valence electrons. The maximum atomic E-state index is 13.3. The van der Waals surface area contributed by atoms with Gasteiger partial charge in [-0.1, -0.05) is 6.07 Å². The number of halogens is 2. The van der Waals surface area contributed by atoms with E-state index in [1.165, 1.54) is 12.1 Å². The molecule has 0 radical (unpaired) electrons. The second kappa shape index (κ2) is 10.6. The quantitative estimate of drug-likeness (QED) is 0.828. The summed E-state index contributed by atoms with van der Waals surface area (Å²) < 4.78 is 13.3. The molecule has 0 spiro atoms. The van der Waals surface area contributed by atoms with Gasteiger partial charge in [0.25, 0.3) is 5.91 Å². The highest BCUT2D eigenvalue weighted by Crippen LogP contribution is 2.11. The Kier molecular flexibility index (Phi) is 8.47. The summed E-state index contributed by atoms with van der Waals surface area (Å²) in [5.41, 5.74) is 0.396. The Labute approximate surface area is 166 Å². The lowest BCUT2D eigenvalue weighted by Crippen LogP contribution is -2.47. The molecular formula is C19H28ClFN4O2. The molecule has 0 unspecified atom stereocenters. The van der Waals surface area contributed by atoms with Crippen LogP contribution in [0, 0.1) is 5.82 Å². The smallest absolute Gasteiger partial charge is 0.254 e. The summed E-state index contributed by atoms with van der Waals surface area (Å²) in [5, 5.41) is 3.25. The van der Waals surface area contributed by atoms with Crippen molar-refractivity contribution in [3.8, 4) is 0 Å². The van der Waals surface area contributed by atoms with Gasteiger partial charge in [-0.2, -0.15) is 0 Å². The Morgan fingerprint density at radius 2 is 1.78 bits per heavy atom. The highest BCUT2D eigenvalue weighted by Gasteiger charge is 2.22. The number of benzene rings is 1. The summed E-state index contributed by atoms with van der Waals surface area (Å²) in [6.45, 7) is 6.93. The van der Waals surface area contributed by atoms with Gasteiger partial charge in [-0.25, -0.2) is 4.39 Å². The number of carbonyl (C=O) groups is 2. The van der Waals surface area contributed by atoms with E-state index in [0.717, 1.165) is 52.2 Å². The van der Waals surface area contributed by atoms with Crippen LogP contribution in [0.3, 0.4) is 0 Å². The number of piperazine rings is 1. The molecule has 8 heteroatoms. The van der Waals surface area contributed by atoms with Gasteiger partial charge >= 0.3 is 0 Å². The Bertz CT molecular complexity index is 640. The molecule has 0 saturated carbocycles. The van der Waals surface area contributed by atoms with E-state index in [1.807, 2.05) is 4.90 Å². The summed E-state index contributed by atoms with van der Waals surface area (Å²) in [4.78, 5) is 30.8. The molecule has 1 aromatic carbocycles. The van der Waals surface area contributed by atoms with Crippen molar-refractivity contribution < 1.29 is 14.0 Å². The number of hydrogen-bond acceptors (Lipinski definition) is 4. The van der Waals surface area contributed by atoms with Gasteiger partial charge in [0, 0.05) is 64.3 Å². The van der Waals surface area contributed by atoms with Gasteiger partial charge < -0.3 is 20.0 Å². The lowest BCUT2D eigenvalue weighted by atomic mass is 10.2. The Morgan fingerprint density at radius 3 is 2.52 bits per heavy atom. The van der Waals surface area contributed by atoms with Crippen LogP contribution in [0.1, 0.15) is 23.2 Å². The van der Waals surface area contributed by atoms with Crippen molar-refractivity contribution in [2.45, 2.75) is 12.8 Å². The van der Waals surface area contributed by atoms with Gasteiger partial charge in [-0.15, -0.1) is 12.4 Å². The fraction of sp³-hybridized carbons (Fsp3) is 0.579. The highest BCUT2D eigenvalue weighted by molar-refractivity contribution is 5.94. The minimum absolute atomic E-state index is 0. The first-order valence-corrected chi connectivity index (χ1v) is 9.39. The predicted octanol–water partition coefficient (Wildman–Crippen LogP) is 1.22. The number of amides is 2. The van der Waals surface area contributed by atoms with Crippen LogP contribution >= 0.6 is 12.4 Å². The van der Waals surface area contributed by atoms with Crippen LogP contribution in [0.5, 0.6) is 0 Å². The molecule has 0 atom stereocenters. The first kappa shape index (κ1) is 21.6. The van der Waals surface area contributed by atoms with Gasteiger partial charge in [0.05, 0.1) is 0 Å². The lowest BCUT2D eigenvalue weighted by Gasteiger charge is -2.28. The third-order valence-electron chi connectivity index (χ3n) is 5.06. The summed E-state index contributed by atoms with van der Waals surface area (Å²) in [6, 6.07) is 5.85. The lowest BCUT2D eigenvalue weighted by molar-refractivity contribution is -0.132. The second-order valence-corrected chi connectivity index (χ2v) is 6.88. The van der Waals surface area contributed by atoms with Gasteiger partial charge in [-0.05, 0) is 31.2 Å². The van der Waals surface area contributed by atoms with E-state index in [9.17, 15) is 14.0 Å². The number of rotatable bonds is 4. The van der Waals surface area contributed by atoms with Crippen LogP contribution < -0.4 is 5.32 Å². The SMILES string of the molecule is Cl.O=C(CCN1CCCN(C(=O)c2cccc(F)c2)CC1)N1CCNCC1. The normalized spacial score (nSPS) is 18.6. The van der Waals surface area contributed by atoms with E-state index >= 15 is 0 Å². The Morgan fingerprint density at radius 1 is 1.00 bits per heavy atom. The predicted molar refractivity (Wildman–Crippen MR) is 105 cm³/mol. The Hall–Kier alpha value is -1.70. The molecule has 0 aromatic heterocycles. The molecule has 2 aliphatic rings. The fourth-order valence-corrected chi connectivity index (χ4v) is 3.53. The number of carbonyl (C=O) groups excluding carboxylic acids is 2. The van der Waals surface area contributed by atoms with Crippen molar-refractivity contribution in [3.63, 3.8) is 0 Å². The van der Waals surface area contributed by atoms with Crippen LogP contribution in [0.4, 0.5) is 4.39 Å². The molecule has 2 amide bonds. The van der Waals surface area contributed by atoms with E-state index in [1.54, 1.807) is 17.0 Å². The molecule has 0 bridgehead atoms. The zero-order valence-corrected chi connectivity index (χ0v) is 16.3. The summed E-state index contributed by atoms with van der Waals surface area (Å²) in [5.74, 6) is -0.301. The fourth-order valence-electron chi connectivity index (χ4n) is 3.53. The number of hydrogen-bond donors (Lipinski definition) is 1. The number of nitrogens with zero attached hydrogens (tertiary/aromatic N) is 3. The van der Waals surface area contributed by atoms with Crippen molar-refractivity contribution in [1.29, 1.82) is 0 Å². The van der Waals surface area contributed by atoms with Gasteiger partial charge in [-0.3, -0.25) is 9.59 Å². The van der Waals surface area contributed by atoms with E-state index in [0.29, 0.717) is 25.1 Å². The van der Waals surface area contributed by atoms with E-state index in [2.05, 4.69) is 10.2 Å². The van der Waals surface area contributed by atoms with Crippen molar-refractivity contribution in [3.05, 3.63) is 35.6 Å². The first-order chi connectivity index (χ1) is 12.6. The molecule has 1 N–H and O–H groups in total.